The molecule has 1 heterocycles. The number of carbonyl (C=O) groups excluding carboxylic acids is 1. The van der Waals surface area contributed by atoms with E-state index in [-0.39, 0.29) is 5.91 Å². The maximum absolute atomic E-state index is 13.3. The quantitative estimate of drug-likeness (QED) is 0.402. The maximum Gasteiger partial charge on any atom is 0.281 e. The lowest BCUT2D eigenvalue weighted by Gasteiger charge is -2.11. The zero-order chi connectivity index (χ0) is 21.6. The van der Waals surface area contributed by atoms with Crippen molar-refractivity contribution in [3.8, 4) is 11.5 Å². The van der Waals surface area contributed by atoms with Gasteiger partial charge in [0.2, 0.25) is 0 Å². The van der Waals surface area contributed by atoms with Crippen molar-refractivity contribution in [2.45, 2.75) is 0 Å². The van der Waals surface area contributed by atoms with Gasteiger partial charge >= 0.3 is 0 Å². The molecule has 0 bridgehead atoms. The van der Waals surface area contributed by atoms with Gasteiger partial charge in [0.25, 0.3) is 5.91 Å². The highest BCUT2D eigenvalue weighted by atomic mass is 16.5. The second kappa shape index (κ2) is 9.13. The highest BCUT2D eigenvalue weighted by molar-refractivity contribution is 6.37. The second-order valence-corrected chi connectivity index (χ2v) is 6.84. The van der Waals surface area contributed by atoms with Crippen LogP contribution in [0.3, 0.4) is 0 Å². The number of para-hydroxylation sites is 1. The van der Waals surface area contributed by atoms with E-state index < -0.39 is 0 Å². The topological polar surface area (TPSA) is 51.1 Å². The van der Waals surface area contributed by atoms with E-state index in [0.717, 1.165) is 16.8 Å². The molecule has 5 nitrogen and oxygen atoms in total. The SMILES string of the molecule is C=CCOc1ccc(/C=C2\C(=O)N(c3ccccc3)N=C2c2ccccc2)cc1OC. The third-order valence-corrected chi connectivity index (χ3v) is 4.78. The number of hydrazone groups is 1. The Morgan fingerprint density at radius 3 is 2.35 bits per heavy atom. The average Bonchev–Trinajstić information content (AvgIpc) is 3.15. The number of carbonyl (C=O) groups is 1. The molecule has 0 saturated carbocycles. The zero-order valence-electron chi connectivity index (χ0n) is 17.2. The van der Waals surface area contributed by atoms with E-state index in [0.29, 0.717) is 29.4 Å². The summed E-state index contributed by atoms with van der Waals surface area (Å²) in [6.07, 6.45) is 3.50. The van der Waals surface area contributed by atoms with E-state index in [1.165, 1.54) is 5.01 Å². The molecule has 0 aromatic heterocycles. The Morgan fingerprint density at radius 1 is 0.968 bits per heavy atom. The number of hydrogen-bond donors (Lipinski definition) is 0. The summed E-state index contributed by atoms with van der Waals surface area (Å²) in [5.41, 5.74) is 3.54. The Hall–Kier alpha value is -4.12. The van der Waals surface area contributed by atoms with Crippen LogP contribution in [0.2, 0.25) is 0 Å². The first-order valence-electron chi connectivity index (χ1n) is 9.88. The lowest BCUT2D eigenvalue weighted by atomic mass is 10.00. The third kappa shape index (κ3) is 4.26. The molecule has 0 fully saturated rings. The zero-order valence-corrected chi connectivity index (χ0v) is 17.2. The summed E-state index contributed by atoms with van der Waals surface area (Å²) < 4.78 is 11.1. The van der Waals surface area contributed by atoms with Gasteiger partial charge in [0, 0.05) is 5.56 Å². The molecule has 1 aliphatic heterocycles. The number of hydrogen-bond acceptors (Lipinski definition) is 4. The average molecular weight is 410 g/mol. The Kier molecular flexibility index (Phi) is 5.94. The van der Waals surface area contributed by atoms with Crippen LogP contribution >= 0.6 is 0 Å². The van der Waals surface area contributed by atoms with Gasteiger partial charge in [-0.3, -0.25) is 4.79 Å². The third-order valence-electron chi connectivity index (χ3n) is 4.78. The minimum atomic E-state index is -0.184. The van der Waals surface area contributed by atoms with Crippen LogP contribution in [0.4, 0.5) is 5.69 Å². The predicted molar refractivity (Wildman–Crippen MR) is 124 cm³/mol. The molecule has 1 amide bonds. The monoisotopic (exact) mass is 410 g/mol. The van der Waals surface area contributed by atoms with Gasteiger partial charge < -0.3 is 9.47 Å². The van der Waals surface area contributed by atoms with Crippen molar-refractivity contribution in [1.82, 2.24) is 0 Å². The summed E-state index contributed by atoms with van der Waals surface area (Å²) in [6, 6.07) is 24.6. The number of anilines is 1. The smallest absolute Gasteiger partial charge is 0.281 e. The van der Waals surface area contributed by atoms with E-state index in [2.05, 4.69) is 11.7 Å². The number of ether oxygens (including phenoxy) is 2. The molecule has 0 N–H and O–H groups in total. The van der Waals surface area contributed by atoms with E-state index in [1.807, 2.05) is 84.9 Å². The minimum Gasteiger partial charge on any atom is -0.493 e. The summed E-state index contributed by atoms with van der Waals surface area (Å²) >= 11 is 0. The van der Waals surface area contributed by atoms with Gasteiger partial charge in [-0.15, -0.1) is 0 Å². The van der Waals surface area contributed by atoms with Gasteiger partial charge in [-0.25, -0.2) is 0 Å². The number of benzene rings is 3. The predicted octanol–water partition coefficient (Wildman–Crippen LogP) is 5.09. The molecule has 0 atom stereocenters. The van der Waals surface area contributed by atoms with E-state index in [4.69, 9.17) is 9.47 Å². The molecule has 0 aliphatic carbocycles. The molecule has 4 rings (SSSR count). The van der Waals surface area contributed by atoms with Crippen LogP contribution in [0.1, 0.15) is 11.1 Å². The van der Waals surface area contributed by atoms with Crippen molar-refractivity contribution < 1.29 is 14.3 Å². The standard InChI is InChI=1S/C26H22N2O3/c1-3-16-31-23-15-14-19(18-24(23)30-2)17-22-25(20-10-6-4-7-11-20)27-28(26(22)29)21-12-8-5-9-13-21/h3-15,17-18H,1,16H2,2H3/b22-17-. The van der Waals surface area contributed by atoms with Crippen LogP contribution in [0, 0.1) is 0 Å². The number of methoxy groups -OCH3 is 1. The van der Waals surface area contributed by atoms with Gasteiger partial charge in [-0.2, -0.15) is 10.1 Å². The van der Waals surface area contributed by atoms with Crippen LogP contribution in [0.15, 0.2) is 102 Å². The lowest BCUT2D eigenvalue weighted by Crippen LogP contribution is -2.21. The molecule has 3 aromatic rings. The summed E-state index contributed by atoms with van der Waals surface area (Å²) in [4.78, 5) is 13.3. The first-order valence-corrected chi connectivity index (χ1v) is 9.88. The van der Waals surface area contributed by atoms with Gasteiger partial charge in [-0.1, -0.05) is 67.3 Å². The van der Waals surface area contributed by atoms with Crippen LogP contribution < -0.4 is 14.5 Å². The highest BCUT2D eigenvalue weighted by Crippen LogP contribution is 2.31. The van der Waals surface area contributed by atoms with Crippen LogP contribution in [0.25, 0.3) is 6.08 Å². The molecule has 1 aliphatic rings. The molecule has 154 valence electrons. The Labute approximate surface area is 181 Å². The first kappa shape index (κ1) is 20.2. The summed E-state index contributed by atoms with van der Waals surface area (Å²) in [5, 5.41) is 6.09. The van der Waals surface area contributed by atoms with Gasteiger partial charge in [0.05, 0.1) is 18.4 Å². The fourth-order valence-corrected chi connectivity index (χ4v) is 3.31. The molecular formula is C26H22N2O3. The number of rotatable bonds is 7. The van der Waals surface area contributed by atoms with Crippen LogP contribution in [-0.4, -0.2) is 25.3 Å². The van der Waals surface area contributed by atoms with Crippen molar-refractivity contribution >= 4 is 23.4 Å². The lowest BCUT2D eigenvalue weighted by molar-refractivity contribution is -0.114. The maximum atomic E-state index is 13.3. The summed E-state index contributed by atoms with van der Waals surface area (Å²) in [5.74, 6) is 1.01. The number of nitrogens with zero attached hydrogens (tertiary/aromatic N) is 2. The molecular weight excluding hydrogens is 388 g/mol. The van der Waals surface area contributed by atoms with E-state index >= 15 is 0 Å². The van der Waals surface area contributed by atoms with E-state index in [1.54, 1.807) is 13.2 Å². The van der Waals surface area contributed by atoms with Crippen molar-refractivity contribution in [2.75, 3.05) is 18.7 Å². The molecule has 31 heavy (non-hydrogen) atoms. The molecule has 0 spiro atoms. The minimum absolute atomic E-state index is 0.184. The Bertz CT molecular complexity index is 1150. The molecule has 0 saturated heterocycles. The fourth-order valence-electron chi connectivity index (χ4n) is 3.31. The second-order valence-electron chi connectivity index (χ2n) is 6.84. The highest BCUT2D eigenvalue weighted by Gasteiger charge is 2.32. The van der Waals surface area contributed by atoms with Crippen molar-refractivity contribution in [3.05, 3.63) is 108 Å². The normalized spacial score (nSPS) is 14.5. The largest absolute Gasteiger partial charge is 0.493 e. The molecule has 0 radical (unpaired) electrons. The van der Waals surface area contributed by atoms with Gasteiger partial charge in [0.15, 0.2) is 11.5 Å². The fraction of sp³-hybridized carbons (Fsp3) is 0.0769. The van der Waals surface area contributed by atoms with Crippen molar-refractivity contribution in [2.24, 2.45) is 5.10 Å². The molecule has 3 aromatic carbocycles. The molecule has 0 unspecified atom stereocenters. The van der Waals surface area contributed by atoms with Crippen molar-refractivity contribution in [3.63, 3.8) is 0 Å². The first-order chi connectivity index (χ1) is 15.2. The van der Waals surface area contributed by atoms with Crippen LogP contribution in [-0.2, 0) is 4.79 Å². The number of amides is 1. The van der Waals surface area contributed by atoms with Gasteiger partial charge in [-0.05, 0) is 35.9 Å². The van der Waals surface area contributed by atoms with Crippen LogP contribution in [0.5, 0.6) is 11.5 Å². The Balaban J connectivity index is 1.76. The Morgan fingerprint density at radius 2 is 1.68 bits per heavy atom. The van der Waals surface area contributed by atoms with E-state index in [9.17, 15) is 4.79 Å². The summed E-state index contributed by atoms with van der Waals surface area (Å²) in [6.45, 7) is 4.05. The van der Waals surface area contributed by atoms with Crippen molar-refractivity contribution in [1.29, 1.82) is 0 Å². The summed E-state index contributed by atoms with van der Waals surface area (Å²) in [7, 11) is 1.59. The van der Waals surface area contributed by atoms with Gasteiger partial charge in [0.1, 0.15) is 12.3 Å². The molecule has 5 heteroatoms.